The van der Waals surface area contributed by atoms with E-state index < -0.39 is 0 Å². The first kappa shape index (κ1) is 7.12. The van der Waals surface area contributed by atoms with E-state index >= 15 is 0 Å². The van der Waals surface area contributed by atoms with Crippen molar-refractivity contribution >= 4 is 10.9 Å². The number of fused-ring (bicyclic) bond motifs is 1. The summed E-state index contributed by atoms with van der Waals surface area (Å²) in [6.45, 7) is 0.411. The molecular formula is C8H8N4. The molecule has 0 spiro atoms. The Kier molecular flexibility index (Phi) is 1.68. The van der Waals surface area contributed by atoms with Gasteiger partial charge in [0, 0.05) is 24.3 Å². The summed E-state index contributed by atoms with van der Waals surface area (Å²) in [6, 6.07) is 1.87. The number of aromatic nitrogens is 3. The van der Waals surface area contributed by atoms with Gasteiger partial charge in [0.1, 0.15) is 6.33 Å². The number of pyridine rings is 1. The van der Waals surface area contributed by atoms with Crippen molar-refractivity contribution in [2.24, 2.45) is 5.73 Å². The van der Waals surface area contributed by atoms with E-state index in [-0.39, 0.29) is 0 Å². The summed E-state index contributed by atoms with van der Waals surface area (Å²) in [5.74, 6) is 0. The van der Waals surface area contributed by atoms with E-state index in [0.29, 0.717) is 6.54 Å². The molecule has 2 aromatic rings. The molecule has 2 heterocycles. The number of hydrogen-bond donors (Lipinski definition) is 1. The maximum absolute atomic E-state index is 5.49. The van der Waals surface area contributed by atoms with Gasteiger partial charge in [-0.2, -0.15) is 0 Å². The van der Waals surface area contributed by atoms with E-state index in [0.717, 1.165) is 16.6 Å². The van der Waals surface area contributed by atoms with Gasteiger partial charge in [0.25, 0.3) is 0 Å². The minimum Gasteiger partial charge on any atom is -0.325 e. The van der Waals surface area contributed by atoms with Crippen LogP contribution in [0.1, 0.15) is 5.69 Å². The summed E-state index contributed by atoms with van der Waals surface area (Å²) in [5.41, 5.74) is 7.15. The van der Waals surface area contributed by atoms with Crippen molar-refractivity contribution in [3.8, 4) is 0 Å². The summed E-state index contributed by atoms with van der Waals surface area (Å²) in [5, 5.41) is 0.980. The topological polar surface area (TPSA) is 64.7 Å². The second-order valence-corrected chi connectivity index (χ2v) is 2.42. The van der Waals surface area contributed by atoms with Crippen molar-refractivity contribution in [3.63, 3.8) is 0 Å². The van der Waals surface area contributed by atoms with Crippen LogP contribution in [0.3, 0.4) is 0 Å². The summed E-state index contributed by atoms with van der Waals surface area (Å²) in [4.78, 5) is 12.1. The van der Waals surface area contributed by atoms with Gasteiger partial charge >= 0.3 is 0 Å². The van der Waals surface area contributed by atoms with Gasteiger partial charge < -0.3 is 5.73 Å². The van der Waals surface area contributed by atoms with Gasteiger partial charge in [-0.05, 0) is 6.07 Å². The zero-order valence-corrected chi connectivity index (χ0v) is 6.44. The van der Waals surface area contributed by atoms with Gasteiger partial charge in [0.15, 0.2) is 0 Å². The fourth-order valence-corrected chi connectivity index (χ4v) is 1.12. The molecule has 2 aromatic heterocycles. The Morgan fingerprint density at radius 2 is 2.25 bits per heavy atom. The van der Waals surface area contributed by atoms with E-state index in [9.17, 15) is 0 Å². The van der Waals surface area contributed by atoms with Crippen molar-refractivity contribution in [3.05, 3.63) is 30.5 Å². The lowest BCUT2D eigenvalue weighted by Gasteiger charge is -1.99. The fraction of sp³-hybridized carbons (Fsp3) is 0.125. The zero-order chi connectivity index (χ0) is 8.39. The van der Waals surface area contributed by atoms with Crippen LogP contribution in [0.4, 0.5) is 0 Å². The van der Waals surface area contributed by atoms with E-state index in [1.807, 2.05) is 6.07 Å². The highest BCUT2D eigenvalue weighted by molar-refractivity contribution is 5.78. The molecule has 0 fully saturated rings. The molecule has 0 bridgehead atoms. The molecule has 2 rings (SSSR count). The Labute approximate surface area is 69.5 Å². The highest BCUT2D eigenvalue weighted by Gasteiger charge is 1.99. The fourth-order valence-electron chi connectivity index (χ4n) is 1.12. The van der Waals surface area contributed by atoms with E-state index in [1.165, 1.54) is 6.33 Å². The molecule has 2 N–H and O–H groups in total. The molecule has 0 aliphatic heterocycles. The second kappa shape index (κ2) is 2.83. The van der Waals surface area contributed by atoms with Crippen molar-refractivity contribution in [1.82, 2.24) is 15.0 Å². The minimum absolute atomic E-state index is 0.411. The molecule has 0 radical (unpaired) electrons. The quantitative estimate of drug-likeness (QED) is 0.659. The molecule has 0 aromatic carbocycles. The lowest BCUT2D eigenvalue weighted by molar-refractivity contribution is 0.996. The molecule has 0 aliphatic carbocycles. The van der Waals surface area contributed by atoms with Crippen LogP contribution < -0.4 is 5.73 Å². The Balaban J connectivity index is 2.79. The molecule has 4 heteroatoms. The number of rotatable bonds is 1. The van der Waals surface area contributed by atoms with Crippen LogP contribution in [0.2, 0.25) is 0 Å². The highest BCUT2D eigenvalue weighted by atomic mass is 14.8. The number of hydrogen-bond acceptors (Lipinski definition) is 4. The average Bonchev–Trinajstić information content (AvgIpc) is 2.17. The number of nitrogens with two attached hydrogens (primary N) is 1. The van der Waals surface area contributed by atoms with Crippen molar-refractivity contribution < 1.29 is 0 Å². The van der Waals surface area contributed by atoms with Crippen molar-refractivity contribution in [2.45, 2.75) is 6.54 Å². The summed E-state index contributed by atoms with van der Waals surface area (Å²) >= 11 is 0. The van der Waals surface area contributed by atoms with Gasteiger partial charge in [-0.3, -0.25) is 4.98 Å². The lowest BCUT2D eigenvalue weighted by Crippen LogP contribution is -2.01. The second-order valence-electron chi connectivity index (χ2n) is 2.42. The Hall–Kier alpha value is -1.55. The van der Waals surface area contributed by atoms with Crippen molar-refractivity contribution in [1.29, 1.82) is 0 Å². The minimum atomic E-state index is 0.411. The maximum Gasteiger partial charge on any atom is 0.116 e. The predicted molar refractivity (Wildman–Crippen MR) is 45.2 cm³/mol. The molecular weight excluding hydrogens is 152 g/mol. The molecule has 4 nitrogen and oxygen atoms in total. The molecule has 0 unspecified atom stereocenters. The summed E-state index contributed by atoms with van der Waals surface area (Å²) in [6.07, 6.45) is 4.97. The smallest absolute Gasteiger partial charge is 0.116 e. The SMILES string of the molecule is NCc1nccc2cncnc12. The highest BCUT2D eigenvalue weighted by Crippen LogP contribution is 2.10. The molecule has 0 atom stereocenters. The van der Waals surface area contributed by atoms with Crippen LogP contribution in [0.25, 0.3) is 10.9 Å². The number of nitrogens with zero attached hydrogens (tertiary/aromatic N) is 3. The van der Waals surface area contributed by atoms with Crippen molar-refractivity contribution in [2.75, 3.05) is 0 Å². The van der Waals surface area contributed by atoms with Crippen LogP contribution in [0, 0.1) is 0 Å². The van der Waals surface area contributed by atoms with Crippen LogP contribution >= 0.6 is 0 Å². The Morgan fingerprint density at radius 1 is 1.33 bits per heavy atom. The van der Waals surface area contributed by atoms with E-state index in [2.05, 4.69) is 15.0 Å². The maximum atomic E-state index is 5.49. The molecule has 0 saturated heterocycles. The lowest BCUT2D eigenvalue weighted by atomic mass is 10.2. The average molecular weight is 160 g/mol. The first-order valence-electron chi connectivity index (χ1n) is 3.65. The van der Waals surface area contributed by atoms with Gasteiger partial charge in [-0.15, -0.1) is 0 Å². The molecule has 60 valence electrons. The van der Waals surface area contributed by atoms with Crippen LogP contribution in [-0.2, 0) is 6.54 Å². The molecule has 0 aliphatic rings. The third-order valence-corrected chi connectivity index (χ3v) is 1.69. The summed E-state index contributed by atoms with van der Waals surface area (Å²) in [7, 11) is 0. The van der Waals surface area contributed by atoms with Gasteiger partial charge in [-0.1, -0.05) is 0 Å². The molecule has 0 amide bonds. The van der Waals surface area contributed by atoms with Crippen LogP contribution in [0.15, 0.2) is 24.8 Å². The third-order valence-electron chi connectivity index (χ3n) is 1.69. The van der Waals surface area contributed by atoms with Crippen LogP contribution in [0.5, 0.6) is 0 Å². The normalized spacial score (nSPS) is 10.4. The third kappa shape index (κ3) is 1.02. The summed E-state index contributed by atoms with van der Waals surface area (Å²) < 4.78 is 0. The van der Waals surface area contributed by atoms with Gasteiger partial charge in [0.05, 0.1) is 11.2 Å². The Morgan fingerprint density at radius 3 is 3.08 bits per heavy atom. The van der Waals surface area contributed by atoms with E-state index in [4.69, 9.17) is 5.73 Å². The monoisotopic (exact) mass is 160 g/mol. The predicted octanol–water partition coefficient (Wildman–Crippen LogP) is 0.484. The standard InChI is InChI=1S/C8H8N4/c9-3-7-8-6(1-2-11-7)4-10-5-12-8/h1-2,4-5H,3,9H2. The van der Waals surface area contributed by atoms with E-state index in [1.54, 1.807) is 12.4 Å². The first-order chi connectivity index (χ1) is 5.92. The zero-order valence-electron chi connectivity index (χ0n) is 6.44. The molecule has 12 heavy (non-hydrogen) atoms. The Bertz CT molecular complexity index is 394. The van der Waals surface area contributed by atoms with Gasteiger partial charge in [-0.25, -0.2) is 9.97 Å². The van der Waals surface area contributed by atoms with Gasteiger partial charge in [0.2, 0.25) is 0 Å². The molecule has 0 saturated carbocycles. The van der Waals surface area contributed by atoms with Crippen LogP contribution in [-0.4, -0.2) is 15.0 Å². The largest absolute Gasteiger partial charge is 0.325 e. The first-order valence-corrected chi connectivity index (χ1v) is 3.65.